The highest BCUT2D eigenvalue weighted by molar-refractivity contribution is 5.83. The minimum absolute atomic E-state index is 0.146. The third-order valence-corrected chi connectivity index (χ3v) is 9.62. The molecule has 446 valence electrons. The Morgan fingerprint density at radius 2 is 0.373 bits per heavy atom. The number of aliphatic hydroxyl groups is 4. The van der Waals surface area contributed by atoms with Gasteiger partial charge in [0.25, 0.3) is 0 Å². The summed E-state index contributed by atoms with van der Waals surface area (Å²) < 4.78 is 0. The van der Waals surface area contributed by atoms with Gasteiger partial charge in [-0.3, -0.25) is 24.0 Å². The SMILES string of the molecule is CC(C)CC(CN)CC(=O)O.CC(C)C[C@H](CN)CC(=O)O.CC(C)C[C@H](CN)CC(=O)O.CC(C)C[C@H](CN)CC(=O)O.CC(C)C[C@H](CN)CC(=O)O.O=C(O)[C@H](O)[C@@H](O)C(=O)O.O=C(O)[C@H](O)[C@@H](O)C(=O)O. The molecule has 0 spiro atoms. The first-order valence-corrected chi connectivity index (χ1v) is 24.5. The predicted octanol–water partition coefficient (Wildman–Crippen LogP) is 1.17. The van der Waals surface area contributed by atoms with Gasteiger partial charge in [-0.15, -0.1) is 0 Å². The highest BCUT2D eigenvalue weighted by atomic mass is 16.4. The van der Waals surface area contributed by atoms with E-state index in [1.54, 1.807) is 0 Å². The summed E-state index contributed by atoms with van der Waals surface area (Å²) >= 11 is 0. The first-order chi connectivity index (χ1) is 34.2. The van der Waals surface area contributed by atoms with Crippen molar-refractivity contribution in [2.75, 3.05) is 32.7 Å². The van der Waals surface area contributed by atoms with Gasteiger partial charge in [0.15, 0.2) is 24.4 Å². The highest BCUT2D eigenvalue weighted by Gasteiger charge is 2.30. The normalized spacial score (nSPS) is 14.1. The average Bonchev–Trinajstić information content (AvgIpc) is 3.26. The van der Waals surface area contributed by atoms with E-state index < -0.39 is 78.1 Å². The lowest BCUT2D eigenvalue weighted by atomic mass is 9.94. The van der Waals surface area contributed by atoms with E-state index in [-0.39, 0.29) is 61.7 Å². The molecule has 0 amide bonds. The average molecular weight is 1100 g/mol. The Balaban J connectivity index is -0.000000144. The van der Waals surface area contributed by atoms with Gasteiger partial charge in [-0.05, 0) is 124 Å². The molecule has 75 heavy (non-hydrogen) atoms. The van der Waals surface area contributed by atoms with E-state index in [1.165, 1.54) is 0 Å². The molecular weight excluding hydrogens is 999 g/mol. The summed E-state index contributed by atoms with van der Waals surface area (Å²) in [6.45, 7) is 23.1. The quantitative estimate of drug-likeness (QED) is 0.0463. The van der Waals surface area contributed by atoms with Crippen LogP contribution in [0.2, 0.25) is 0 Å². The van der Waals surface area contributed by atoms with Crippen LogP contribution in [0.4, 0.5) is 0 Å². The molecule has 0 aliphatic heterocycles. The van der Waals surface area contributed by atoms with Crippen LogP contribution in [0.15, 0.2) is 0 Å². The van der Waals surface area contributed by atoms with Crippen LogP contribution in [-0.4, -0.2) is 177 Å². The van der Waals surface area contributed by atoms with Gasteiger partial charge in [0.2, 0.25) is 0 Å². The molecule has 0 saturated carbocycles. The maximum absolute atomic E-state index is 10.3. The summed E-state index contributed by atoms with van der Waals surface area (Å²) in [4.78, 5) is 90.6. The third kappa shape index (κ3) is 64.9. The van der Waals surface area contributed by atoms with E-state index in [1.807, 2.05) is 0 Å². The van der Waals surface area contributed by atoms with Gasteiger partial charge in [0, 0.05) is 32.1 Å². The lowest BCUT2D eigenvalue weighted by molar-refractivity contribution is -0.165. The maximum atomic E-state index is 10.3. The van der Waals surface area contributed by atoms with Crippen molar-refractivity contribution in [2.24, 2.45) is 87.8 Å². The Hall–Kier alpha value is -5.13. The number of nitrogens with two attached hydrogens (primary N) is 5. The number of carbonyl (C=O) groups is 9. The van der Waals surface area contributed by atoms with Gasteiger partial charge in [0.1, 0.15) is 0 Å². The Morgan fingerprint density at radius 3 is 0.427 bits per heavy atom. The lowest BCUT2D eigenvalue weighted by Gasteiger charge is -2.13. The van der Waals surface area contributed by atoms with Crippen LogP contribution in [0.5, 0.6) is 0 Å². The fourth-order valence-corrected chi connectivity index (χ4v) is 6.42. The van der Waals surface area contributed by atoms with E-state index in [0.717, 1.165) is 32.1 Å². The monoisotopic (exact) mass is 1100 g/mol. The number of hydrogen-bond donors (Lipinski definition) is 18. The van der Waals surface area contributed by atoms with Crippen molar-refractivity contribution in [3.63, 3.8) is 0 Å². The zero-order valence-corrected chi connectivity index (χ0v) is 45.6. The molecule has 0 saturated heterocycles. The second-order valence-electron chi connectivity index (χ2n) is 19.8. The molecule has 0 radical (unpaired) electrons. The fraction of sp³-hybridized carbons (Fsp3) is 0.812. The first-order valence-electron chi connectivity index (χ1n) is 24.5. The smallest absolute Gasteiger partial charge is 0.335 e. The Kier molecular flexibility index (Phi) is 57.0. The van der Waals surface area contributed by atoms with Crippen LogP contribution in [0, 0.1) is 59.2 Å². The predicted molar refractivity (Wildman–Crippen MR) is 276 cm³/mol. The van der Waals surface area contributed by atoms with Crippen LogP contribution >= 0.6 is 0 Å². The van der Waals surface area contributed by atoms with Gasteiger partial charge in [0.05, 0.1) is 0 Å². The third-order valence-electron chi connectivity index (χ3n) is 9.62. The zero-order valence-electron chi connectivity index (χ0n) is 45.6. The van der Waals surface area contributed by atoms with Gasteiger partial charge in [-0.1, -0.05) is 69.2 Å². The van der Waals surface area contributed by atoms with E-state index in [4.69, 9.17) is 95.1 Å². The molecule has 27 nitrogen and oxygen atoms in total. The maximum Gasteiger partial charge on any atom is 0.335 e. The summed E-state index contributed by atoms with van der Waals surface area (Å²) in [7, 11) is 0. The van der Waals surface area contributed by atoms with Gasteiger partial charge >= 0.3 is 53.7 Å². The topological polar surface area (TPSA) is 547 Å². The molecule has 0 aromatic carbocycles. The molecule has 0 aromatic heterocycles. The van der Waals surface area contributed by atoms with Crippen molar-refractivity contribution < 1.29 is 110 Å². The minimum atomic E-state index is -2.27. The van der Waals surface area contributed by atoms with E-state index in [0.29, 0.717) is 62.3 Å². The Morgan fingerprint density at radius 1 is 0.267 bits per heavy atom. The van der Waals surface area contributed by atoms with Gasteiger partial charge in [-0.2, -0.15) is 0 Å². The van der Waals surface area contributed by atoms with E-state index >= 15 is 0 Å². The highest BCUT2D eigenvalue weighted by Crippen LogP contribution is 2.17. The molecule has 9 atom stereocenters. The summed E-state index contributed by atoms with van der Waals surface area (Å²) in [6, 6.07) is 0. The van der Waals surface area contributed by atoms with Crippen molar-refractivity contribution in [3.05, 3.63) is 0 Å². The minimum Gasteiger partial charge on any atom is -0.481 e. The molecule has 23 N–H and O–H groups in total. The summed E-state index contributed by atoms with van der Waals surface area (Å²) in [5.74, 6) is -7.44. The number of aliphatic carboxylic acids is 9. The zero-order chi connectivity index (χ0) is 60.9. The number of rotatable bonds is 31. The molecule has 1 unspecified atom stereocenters. The molecule has 0 fully saturated rings. The van der Waals surface area contributed by atoms with Crippen LogP contribution < -0.4 is 28.7 Å². The first kappa shape index (κ1) is 83.8. The molecular formula is C48H97N5O22. The summed E-state index contributed by atoms with van der Waals surface area (Å²) in [5.41, 5.74) is 27.0. The summed E-state index contributed by atoms with van der Waals surface area (Å²) in [6.07, 6.45) is -3.52. The second-order valence-corrected chi connectivity index (χ2v) is 19.8. The number of carboxylic acids is 9. The Bertz CT molecular complexity index is 1310. The van der Waals surface area contributed by atoms with Crippen LogP contribution in [0.25, 0.3) is 0 Å². The molecule has 27 heteroatoms. The van der Waals surface area contributed by atoms with E-state index in [9.17, 15) is 43.2 Å². The number of hydrogen-bond acceptors (Lipinski definition) is 18. The van der Waals surface area contributed by atoms with Crippen molar-refractivity contribution in [3.8, 4) is 0 Å². The second kappa shape index (κ2) is 51.0. The standard InChI is InChI=1S/5C8H17NO2.2C4H6O6/c5*1-6(2)3-7(5-9)4-8(10)11;2*5-1(3(7)8)2(6)4(9)10/h5*6-7H,3-5,9H2,1-2H3,(H,10,11);2*1-2,5-6H,(H,7,8)(H,9,10)/t4*7-;;2*1-,2-/m0000.11/s1. The van der Waals surface area contributed by atoms with Crippen LogP contribution in [-0.2, 0) is 43.2 Å². The number of aliphatic hydroxyl groups excluding tert-OH is 4. The van der Waals surface area contributed by atoms with Crippen molar-refractivity contribution in [1.29, 1.82) is 0 Å². The lowest BCUT2D eigenvalue weighted by Crippen LogP contribution is -2.39. The Labute approximate surface area is 440 Å². The molecule has 0 aliphatic rings. The largest absolute Gasteiger partial charge is 0.481 e. The molecule has 0 aromatic rings. The summed E-state index contributed by atoms with van der Waals surface area (Å²) in [5, 5.41) is 107. The van der Waals surface area contributed by atoms with Crippen molar-refractivity contribution >= 4 is 53.7 Å². The van der Waals surface area contributed by atoms with Gasteiger partial charge < -0.3 is 95.1 Å². The van der Waals surface area contributed by atoms with Gasteiger partial charge in [-0.25, -0.2) is 19.2 Å². The fourth-order valence-electron chi connectivity index (χ4n) is 6.42. The molecule has 0 rings (SSSR count). The number of carboxylic acid groups (broad SMARTS) is 9. The van der Waals surface area contributed by atoms with Crippen LogP contribution in [0.3, 0.4) is 0 Å². The molecule has 0 aliphatic carbocycles. The van der Waals surface area contributed by atoms with Crippen LogP contribution in [0.1, 0.15) is 133 Å². The van der Waals surface area contributed by atoms with E-state index in [2.05, 4.69) is 69.2 Å². The molecule has 0 bridgehead atoms. The molecule has 0 heterocycles. The van der Waals surface area contributed by atoms with Crippen molar-refractivity contribution in [1.82, 2.24) is 0 Å². The van der Waals surface area contributed by atoms with Crippen molar-refractivity contribution in [2.45, 2.75) is 158 Å².